The SMILES string of the molecule is COc1ccc(Oc2ccc(N=C(N)CCl)cc2)cc1. The fourth-order valence-electron chi connectivity index (χ4n) is 1.56. The maximum atomic E-state index is 5.70. The molecule has 5 heteroatoms. The van der Waals surface area contributed by atoms with Gasteiger partial charge in [0.1, 0.15) is 23.1 Å². The molecule has 2 N–H and O–H groups in total. The number of ether oxygens (including phenoxy) is 2. The van der Waals surface area contributed by atoms with Crippen LogP contribution in [0.4, 0.5) is 5.69 Å². The van der Waals surface area contributed by atoms with E-state index in [1.807, 2.05) is 48.5 Å². The Balaban J connectivity index is 2.06. The molecular formula is C15H15ClN2O2. The third-order valence-electron chi connectivity index (χ3n) is 2.54. The maximum Gasteiger partial charge on any atom is 0.127 e. The number of nitrogens with zero attached hydrogens (tertiary/aromatic N) is 1. The highest BCUT2D eigenvalue weighted by molar-refractivity contribution is 6.28. The molecule has 0 fully saturated rings. The normalized spacial score (nSPS) is 11.2. The highest BCUT2D eigenvalue weighted by atomic mass is 35.5. The first kappa shape index (κ1) is 14.2. The number of aliphatic imine (C=N–C) groups is 1. The second kappa shape index (κ2) is 6.82. The molecule has 0 aromatic heterocycles. The molecular weight excluding hydrogens is 276 g/mol. The van der Waals surface area contributed by atoms with Crippen LogP contribution in [0.2, 0.25) is 0 Å². The number of benzene rings is 2. The van der Waals surface area contributed by atoms with Crippen molar-refractivity contribution in [1.82, 2.24) is 0 Å². The van der Waals surface area contributed by atoms with Crippen molar-refractivity contribution < 1.29 is 9.47 Å². The first-order chi connectivity index (χ1) is 9.71. The summed E-state index contributed by atoms with van der Waals surface area (Å²) in [5, 5.41) is 0. The van der Waals surface area contributed by atoms with E-state index in [4.69, 9.17) is 26.8 Å². The minimum Gasteiger partial charge on any atom is -0.497 e. The molecule has 2 aromatic carbocycles. The van der Waals surface area contributed by atoms with Gasteiger partial charge in [0, 0.05) is 0 Å². The number of methoxy groups -OCH3 is 1. The molecule has 0 saturated heterocycles. The highest BCUT2D eigenvalue weighted by Crippen LogP contribution is 2.25. The number of rotatable bonds is 5. The summed E-state index contributed by atoms with van der Waals surface area (Å²) in [7, 11) is 1.63. The Bertz CT molecular complexity index is 580. The van der Waals surface area contributed by atoms with Gasteiger partial charge in [-0.2, -0.15) is 0 Å². The zero-order valence-corrected chi connectivity index (χ0v) is 11.8. The summed E-state index contributed by atoms with van der Waals surface area (Å²) >= 11 is 5.57. The zero-order chi connectivity index (χ0) is 14.4. The molecule has 0 atom stereocenters. The van der Waals surface area contributed by atoms with Crippen molar-refractivity contribution in [1.29, 1.82) is 0 Å². The van der Waals surface area contributed by atoms with Gasteiger partial charge in [0.2, 0.25) is 0 Å². The molecule has 0 bridgehead atoms. The second-order valence-corrected chi connectivity index (χ2v) is 4.28. The minimum atomic E-state index is 0.212. The molecule has 104 valence electrons. The lowest BCUT2D eigenvalue weighted by Crippen LogP contribution is -2.12. The fraction of sp³-hybridized carbons (Fsp3) is 0.133. The van der Waals surface area contributed by atoms with Crippen molar-refractivity contribution in [2.45, 2.75) is 0 Å². The van der Waals surface area contributed by atoms with E-state index in [-0.39, 0.29) is 5.88 Å². The Morgan fingerprint density at radius 2 is 1.50 bits per heavy atom. The molecule has 0 saturated carbocycles. The van der Waals surface area contributed by atoms with Crippen LogP contribution in [0.1, 0.15) is 0 Å². The second-order valence-electron chi connectivity index (χ2n) is 4.01. The lowest BCUT2D eigenvalue weighted by Gasteiger charge is -2.06. The average molecular weight is 291 g/mol. The Labute approximate surface area is 122 Å². The van der Waals surface area contributed by atoms with Crippen LogP contribution in [0, 0.1) is 0 Å². The van der Waals surface area contributed by atoms with Gasteiger partial charge in [-0.15, -0.1) is 11.6 Å². The van der Waals surface area contributed by atoms with Gasteiger partial charge in [-0.3, -0.25) is 0 Å². The van der Waals surface area contributed by atoms with Gasteiger partial charge in [0.05, 0.1) is 18.7 Å². The lowest BCUT2D eigenvalue weighted by atomic mass is 10.3. The summed E-state index contributed by atoms with van der Waals surface area (Å²) < 4.78 is 10.8. The predicted octanol–water partition coefficient (Wildman–Crippen LogP) is 3.72. The molecule has 0 amide bonds. The summed E-state index contributed by atoms with van der Waals surface area (Å²) in [5.74, 6) is 2.85. The van der Waals surface area contributed by atoms with Gasteiger partial charge < -0.3 is 15.2 Å². The molecule has 2 rings (SSSR count). The van der Waals surface area contributed by atoms with E-state index >= 15 is 0 Å². The van der Waals surface area contributed by atoms with Crippen LogP contribution in [0.5, 0.6) is 17.2 Å². The van der Waals surface area contributed by atoms with Gasteiger partial charge in [0.25, 0.3) is 0 Å². The van der Waals surface area contributed by atoms with Crippen LogP contribution in [0.3, 0.4) is 0 Å². The molecule has 2 aromatic rings. The van der Waals surface area contributed by atoms with Gasteiger partial charge in [-0.05, 0) is 48.5 Å². The van der Waals surface area contributed by atoms with Crippen LogP contribution in [-0.2, 0) is 0 Å². The van der Waals surface area contributed by atoms with Crippen molar-refractivity contribution >= 4 is 23.1 Å². The van der Waals surface area contributed by atoms with E-state index < -0.39 is 0 Å². The monoisotopic (exact) mass is 290 g/mol. The molecule has 0 heterocycles. The highest BCUT2D eigenvalue weighted by Gasteiger charge is 1.99. The van der Waals surface area contributed by atoms with Gasteiger partial charge in [-0.25, -0.2) is 4.99 Å². The van der Waals surface area contributed by atoms with E-state index in [2.05, 4.69) is 4.99 Å². The molecule has 0 aliphatic carbocycles. The summed E-state index contributed by atoms with van der Waals surface area (Å²) in [5.41, 5.74) is 6.31. The van der Waals surface area contributed by atoms with Crippen molar-refractivity contribution in [2.24, 2.45) is 10.7 Å². The van der Waals surface area contributed by atoms with Crippen LogP contribution in [-0.4, -0.2) is 18.8 Å². The van der Waals surface area contributed by atoms with Crippen LogP contribution >= 0.6 is 11.6 Å². The maximum absolute atomic E-state index is 5.70. The average Bonchev–Trinajstić information content (AvgIpc) is 2.50. The topological polar surface area (TPSA) is 56.8 Å². The predicted molar refractivity (Wildman–Crippen MR) is 81.5 cm³/mol. The first-order valence-corrected chi connectivity index (χ1v) is 6.55. The van der Waals surface area contributed by atoms with Crippen molar-refractivity contribution in [3.8, 4) is 17.2 Å². The number of alkyl halides is 1. The Morgan fingerprint density at radius 1 is 1.00 bits per heavy atom. The van der Waals surface area contributed by atoms with E-state index in [0.29, 0.717) is 5.84 Å². The lowest BCUT2D eigenvalue weighted by molar-refractivity contribution is 0.413. The van der Waals surface area contributed by atoms with E-state index in [1.54, 1.807) is 7.11 Å². The third kappa shape index (κ3) is 3.90. The third-order valence-corrected chi connectivity index (χ3v) is 2.82. The number of halogens is 1. The molecule has 4 nitrogen and oxygen atoms in total. The zero-order valence-electron chi connectivity index (χ0n) is 11.0. The summed E-state index contributed by atoms with van der Waals surface area (Å²) in [6.07, 6.45) is 0. The molecule has 20 heavy (non-hydrogen) atoms. The summed E-state index contributed by atoms with van der Waals surface area (Å²) in [6, 6.07) is 14.7. The smallest absolute Gasteiger partial charge is 0.127 e. The number of hydrogen-bond donors (Lipinski definition) is 1. The Kier molecular flexibility index (Phi) is 4.85. The minimum absolute atomic E-state index is 0.212. The van der Waals surface area contributed by atoms with Gasteiger partial charge >= 0.3 is 0 Å². The number of nitrogens with two attached hydrogens (primary N) is 1. The Hall–Kier alpha value is -2.20. The number of hydrogen-bond acceptors (Lipinski definition) is 3. The van der Waals surface area contributed by atoms with Crippen molar-refractivity contribution in [3.63, 3.8) is 0 Å². The fourth-order valence-corrected chi connectivity index (χ4v) is 1.62. The quantitative estimate of drug-likeness (QED) is 0.519. The van der Waals surface area contributed by atoms with Crippen LogP contribution < -0.4 is 15.2 Å². The molecule has 0 radical (unpaired) electrons. The van der Waals surface area contributed by atoms with Crippen LogP contribution in [0.25, 0.3) is 0 Å². The van der Waals surface area contributed by atoms with Crippen LogP contribution in [0.15, 0.2) is 53.5 Å². The largest absolute Gasteiger partial charge is 0.497 e. The molecule has 0 spiro atoms. The van der Waals surface area contributed by atoms with Crippen molar-refractivity contribution in [3.05, 3.63) is 48.5 Å². The molecule has 0 aliphatic rings. The van der Waals surface area contributed by atoms with Gasteiger partial charge in [0.15, 0.2) is 0 Å². The number of amidine groups is 1. The first-order valence-electron chi connectivity index (χ1n) is 6.02. The summed E-state index contributed by atoms with van der Waals surface area (Å²) in [6.45, 7) is 0. The molecule has 0 unspecified atom stereocenters. The summed E-state index contributed by atoms with van der Waals surface area (Å²) in [4.78, 5) is 4.14. The van der Waals surface area contributed by atoms with Crippen molar-refractivity contribution in [2.75, 3.05) is 13.0 Å². The van der Waals surface area contributed by atoms with Gasteiger partial charge in [-0.1, -0.05) is 0 Å². The van der Waals surface area contributed by atoms with E-state index in [1.165, 1.54) is 0 Å². The molecule has 0 aliphatic heterocycles. The van der Waals surface area contributed by atoms with E-state index in [0.717, 1.165) is 22.9 Å². The standard InChI is InChI=1S/C15H15ClN2O2/c1-19-12-6-8-14(9-7-12)20-13-4-2-11(3-5-13)18-15(17)10-16/h2-9H,10H2,1H3,(H2,17,18). The van der Waals surface area contributed by atoms with E-state index in [9.17, 15) is 0 Å². The Morgan fingerprint density at radius 3 is 2.00 bits per heavy atom.